The number of para-hydroxylation sites is 1. The van der Waals surface area contributed by atoms with Gasteiger partial charge in [-0.2, -0.15) is 0 Å². The fourth-order valence-electron chi connectivity index (χ4n) is 3.16. The van der Waals surface area contributed by atoms with Crippen LogP contribution in [0.1, 0.15) is 29.6 Å². The van der Waals surface area contributed by atoms with Crippen molar-refractivity contribution in [3.05, 3.63) is 58.5 Å². The SMILES string of the molecule is O=C(c1ccc2nc3ccccc3c(=O)n2c1)N1CCCCC1. The summed E-state index contributed by atoms with van der Waals surface area (Å²) in [5.74, 6) is -0.00772. The molecule has 1 saturated heterocycles. The number of carbonyl (C=O) groups excluding carboxylic acids is 1. The summed E-state index contributed by atoms with van der Waals surface area (Å²) < 4.78 is 1.47. The number of nitrogens with zero attached hydrogens (tertiary/aromatic N) is 3. The molecule has 1 aromatic carbocycles. The van der Waals surface area contributed by atoms with E-state index in [1.807, 2.05) is 23.1 Å². The van der Waals surface area contributed by atoms with Crippen molar-refractivity contribution in [2.45, 2.75) is 19.3 Å². The maximum atomic E-state index is 12.6. The van der Waals surface area contributed by atoms with Gasteiger partial charge in [-0.1, -0.05) is 12.1 Å². The molecule has 1 fully saturated rings. The lowest BCUT2D eigenvalue weighted by Crippen LogP contribution is -2.35. The van der Waals surface area contributed by atoms with Crippen LogP contribution in [0.3, 0.4) is 0 Å². The van der Waals surface area contributed by atoms with Crippen LogP contribution < -0.4 is 5.56 Å². The Morgan fingerprint density at radius 1 is 1.00 bits per heavy atom. The quantitative estimate of drug-likeness (QED) is 0.649. The molecule has 23 heavy (non-hydrogen) atoms. The van der Waals surface area contributed by atoms with Crippen LogP contribution >= 0.6 is 0 Å². The van der Waals surface area contributed by atoms with E-state index in [0.29, 0.717) is 22.1 Å². The Labute approximate surface area is 133 Å². The highest BCUT2D eigenvalue weighted by molar-refractivity contribution is 5.94. The molecule has 0 spiro atoms. The maximum Gasteiger partial charge on any atom is 0.265 e. The normalized spacial score (nSPS) is 15.2. The Bertz CT molecular complexity index is 955. The highest BCUT2D eigenvalue weighted by Crippen LogP contribution is 2.14. The fraction of sp³-hybridized carbons (Fsp3) is 0.278. The Morgan fingerprint density at radius 3 is 2.61 bits per heavy atom. The monoisotopic (exact) mass is 307 g/mol. The summed E-state index contributed by atoms with van der Waals surface area (Å²) in [5, 5.41) is 0.563. The number of hydrogen-bond donors (Lipinski definition) is 0. The zero-order chi connectivity index (χ0) is 15.8. The number of hydrogen-bond acceptors (Lipinski definition) is 3. The lowest BCUT2D eigenvalue weighted by Gasteiger charge is -2.26. The predicted molar refractivity (Wildman–Crippen MR) is 88.7 cm³/mol. The fourth-order valence-corrected chi connectivity index (χ4v) is 3.16. The van der Waals surface area contributed by atoms with Gasteiger partial charge < -0.3 is 4.90 Å². The summed E-state index contributed by atoms with van der Waals surface area (Å²) in [6.45, 7) is 1.59. The van der Waals surface area contributed by atoms with Crippen molar-refractivity contribution < 1.29 is 4.79 Å². The predicted octanol–water partition coefficient (Wildman–Crippen LogP) is 2.47. The molecule has 0 aliphatic carbocycles. The van der Waals surface area contributed by atoms with Crippen molar-refractivity contribution >= 4 is 22.5 Å². The molecule has 5 nitrogen and oxygen atoms in total. The van der Waals surface area contributed by atoms with Gasteiger partial charge in [-0.3, -0.25) is 14.0 Å². The van der Waals surface area contributed by atoms with Gasteiger partial charge in [0.15, 0.2) is 0 Å². The molecule has 0 unspecified atom stereocenters. The van der Waals surface area contributed by atoms with Crippen LogP contribution in [0.2, 0.25) is 0 Å². The molecule has 0 saturated carbocycles. The summed E-state index contributed by atoms with van der Waals surface area (Å²) in [6, 6.07) is 10.8. The standard InChI is InChI=1S/C18H17N3O2/c22-17(20-10-4-1-5-11-20)13-8-9-16-19-15-7-3-2-6-14(15)18(23)21(16)12-13/h2-3,6-9,12H,1,4-5,10-11H2. The molecule has 0 bridgehead atoms. The third-order valence-electron chi connectivity index (χ3n) is 4.41. The first-order chi connectivity index (χ1) is 11.2. The zero-order valence-corrected chi connectivity index (χ0v) is 12.7. The minimum absolute atomic E-state index is 0.00772. The Morgan fingerprint density at radius 2 is 1.78 bits per heavy atom. The van der Waals surface area contributed by atoms with Crippen LogP contribution in [0, 0.1) is 0 Å². The molecule has 0 atom stereocenters. The van der Waals surface area contributed by atoms with E-state index in [1.165, 1.54) is 10.8 Å². The number of carbonyl (C=O) groups is 1. The molecule has 3 heterocycles. The van der Waals surface area contributed by atoms with Crippen LogP contribution in [0.5, 0.6) is 0 Å². The molecule has 4 rings (SSSR count). The highest BCUT2D eigenvalue weighted by Gasteiger charge is 2.19. The van der Waals surface area contributed by atoms with E-state index >= 15 is 0 Å². The number of rotatable bonds is 1. The topological polar surface area (TPSA) is 54.7 Å². The average molecular weight is 307 g/mol. The number of amides is 1. The van der Waals surface area contributed by atoms with Gasteiger partial charge in [0.2, 0.25) is 0 Å². The Balaban J connectivity index is 1.84. The number of aromatic nitrogens is 2. The number of likely N-dealkylation sites (tertiary alicyclic amines) is 1. The van der Waals surface area contributed by atoms with E-state index in [2.05, 4.69) is 4.98 Å². The number of piperidine rings is 1. The van der Waals surface area contributed by atoms with E-state index in [0.717, 1.165) is 25.9 Å². The minimum atomic E-state index is -0.140. The lowest BCUT2D eigenvalue weighted by atomic mass is 10.1. The molecule has 116 valence electrons. The molecule has 5 heteroatoms. The van der Waals surface area contributed by atoms with Gasteiger partial charge in [0.1, 0.15) is 5.65 Å². The van der Waals surface area contributed by atoms with Gasteiger partial charge in [-0.25, -0.2) is 4.98 Å². The summed E-state index contributed by atoms with van der Waals surface area (Å²) in [5.41, 5.74) is 1.63. The maximum absolute atomic E-state index is 12.6. The third-order valence-corrected chi connectivity index (χ3v) is 4.41. The Hall–Kier alpha value is -2.69. The van der Waals surface area contributed by atoms with Gasteiger partial charge in [0.25, 0.3) is 11.5 Å². The summed E-state index contributed by atoms with van der Waals surface area (Å²) in [4.78, 5) is 31.6. The first-order valence-corrected chi connectivity index (χ1v) is 7.94. The average Bonchev–Trinajstić information content (AvgIpc) is 2.62. The summed E-state index contributed by atoms with van der Waals surface area (Å²) >= 11 is 0. The lowest BCUT2D eigenvalue weighted by molar-refractivity contribution is 0.0724. The van der Waals surface area contributed by atoms with Crippen molar-refractivity contribution in [1.29, 1.82) is 0 Å². The van der Waals surface area contributed by atoms with Gasteiger partial charge in [0.05, 0.1) is 16.5 Å². The Kier molecular flexibility index (Phi) is 3.33. The first kappa shape index (κ1) is 13.9. The van der Waals surface area contributed by atoms with Gasteiger partial charge in [0, 0.05) is 19.3 Å². The summed E-state index contributed by atoms with van der Waals surface area (Å²) in [6.07, 6.45) is 4.89. The first-order valence-electron chi connectivity index (χ1n) is 7.94. The second kappa shape index (κ2) is 5.50. The van der Waals surface area contributed by atoms with Crippen molar-refractivity contribution in [3.63, 3.8) is 0 Å². The second-order valence-corrected chi connectivity index (χ2v) is 5.93. The minimum Gasteiger partial charge on any atom is -0.339 e. The molecular weight excluding hydrogens is 290 g/mol. The van der Waals surface area contributed by atoms with Crippen molar-refractivity contribution in [2.24, 2.45) is 0 Å². The van der Waals surface area contributed by atoms with Crippen LogP contribution in [0.25, 0.3) is 16.6 Å². The molecule has 0 N–H and O–H groups in total. The third kappa shape index (κ3) is 2.38. The second-order valence-electron chi connectivity index (χ2n) is 5.93. The van der Waals surface area contributed by atoms with Crippen LogP contribution in [0.15, 0.2) is 47.4 Å². The van der Waals surface area contributed by atoms with Gasteiger partial charge in [-0.05, 0) is 43.5 Å². The number of pyridine rings is 1. The molecular formula is C18H17N3O2. The zero-order valence-electron chi connectivity index (χ0n) is 12.7. The molecule has 3 aromatic rings. The smallest absolute Gasteiger partial charge is 0.265 e. The van der Waals surface area contributed by atoms with Crippen molar-refractivity contribution in [1.82, 2.24) is 14.3 Å². The van der Waals surface area contributed by atoms with E-state index < -0.39 is 0 Å². The van der Waals surface area contributed by atoms with E-state index in [1.54, 1.807) is 24.4 Å². The van der Waals surface area contributed by atoms with E-state index in [-0.39, 0.29) is 11.5 Å². The molecule has 1 aliphatic rings. The molecule has 1 aliphatic heterocycles. The van der Waals surface area contributed by atoms with Gasteiger partial charge >= 0.3 is 0 Å². The van der Waals surface area contributed by atoms with Crippen LogP contribution in [-0.2, 0) is 0 Å². The van der Waals surface area contributed by atoms with Gasteiger partial charge in [-0.15, -0.1) is 0 Å². The molecule has 2 aromatic heterocycles. The van der Waals surface area contributed by atoms with E-state index in [9.17, 15) is 9.59 Å². The van der Waals surface area contributed by atoms with Crippen LogP contribution in [0.4, 0.5) is 0 Å². The summed E-state index contributed by atoms with van der Waals surface area (Å²) in [7, 11) is 0. The van der Waals surface area contributed by atoms with Crippen molar-refractivity contribution in [2.75, 3.05) is 13.1 Å². The molecule has 1 amide bonds. The van der Waals surface area contributed by atoms with Crippen molar-refractivity contribution in [3.8, 4) is 0 Å². The number of benzene rings is 1. The van der Waals surface area contributed by atoms with E-state index in [4.69, 9.17) is 0 Å². The highest BCUT2D eigenvalue weighted by atomic mass is 16.2. The molecule has 0 radical (unpaired) electrons. The largest absolute Gasteiger partial charge is 0.339 e. The number of fused-ring (bicyclic) bond motifs is 2. The van der Waals surface area contributed by atoms with Crippen LogP contribution in [-0.4, -0.2) is 33.3 Å².